The van der Waals surface area contributed by atoms with Gasteiger partial charge in [0.25, 0.3) is 0 Å². The fourth-order valence-electron chi connectivity index (χ4n) is 0.863. The van der Waals surface area contributed by atoms with Gasteiger partial charge in [0.05, 0.1) is 0 Å². The molecule has 0 aliphatic carbocycles. The molecule has 0 radical (unpaired) electrons. The first kappa shape index (κ1) is 8.04. The minimum absolute atomic E-state index is 0.269. The summed E-state index contributed by atoms with van der Waals surface area (Å²) in [5.41, 5.74) is 3.16. The number of rotatable bonds is 3. The standard InChI is InChI=1S/C8H11NO2/c10-8-3-1-7(2-4-8)5-6-9-11/h1-4,9-11H,5-6H2. The summed E-state index contributed by atoms with van der Waals surface area (Å²) in [7, 11) is 0. The summed E-state index contributed by atoms with van der Waals surface area (Å²) in [6.45, 7) is 0.533. The Morgan fingerprint density at radius 3 is 2.36 bits per heavy atom. The number of hydrogen-bond acceptors (Lipinski definition) is 3. The molecule has 3 N–H and O–H groups in total. The highest BCUT2D eigenvalue weighted by Gasteiger charge is 1.91. The summed E-state index contributed by atoms with van der Waals surface area (Å²) in [6, 6.07) is 6.92. The van der Waals surface area contributed by atoms with E-state index in [2.05, 4.69) is 5.48 Å². The van der Waals surface area contributed by atoms with Crippen LogP contribution in [0.15, 0.2) is 24.3 Å². The van der Waals surface area contributed by atoms with E-state index in [1.165, 1.54) is 0 Å². The van der Waals surface area contributed by atoms with Crippen LogP contribution >= 0.6 is 0 Å². The minimum atomic E-state index is 0.269. The lowest BCUT2D eigenvalue weighted by Crippen LogP contribution is -2.10. The van der Waals surface area contributed by atoms with Crippen LogP contribution in [0.5, 0.6) is 5.75 Å². The van der Waals surface area contributed by atoms with Gasteiger partial charge in [0.15, 0.2) is 0 Å². The molecule has 1 rings (SSSR count). The third kappa shape index (κ3) is 2.57. The molecule has 0 atom stereocenters. The zero-order chi connectivity index (χ0) is 8.10. The highest BCUT2D eigenvalue weighted by molar-refractivity contribution is 5.25. The first-order valence-electron chi connectivity index (χ1n) is 3.48. The van der Waals surface area contributed by atoms with E-state index in [9.17, 15) is 0 Å². The zero-order valence-corrected chi connectivity index (χ0v) is 6.12. The number of hydrogen-bond donors (Lipinski definition) is 3. The Kier molecular flexibility index (Phi) is 2.89. The van der Waals surface area contributed by atoms with Gasteiger partial charge in [-0.05, 0) is 24.1 Å². The molecule has 0 saturated heterocycles. The van der Waals surface area contributed by atoms with E-state index < -0.39 is 0 Å². The quantitative estimate of drug-likeness (QED) is 0.566. The molecule has 0 aliphatic rings. The molecule has 1 aromatic rings. The molecule has 3 nitrogen and oxygen atoms in total. The van der Waals surface area contributed by atoms with Crippen molar-refractivity contribution < 1.29 is 10.3 Å². The van der Waals surface area contributed by atoms with Crippen molar-refractivity contribution in [2.45, 2.75) is 6.42 Å². The molecule has 0 fully saturated rings. The molecule has 0 bridgehead atoms. The smallest absolute Gasteiger partial charge is 0.115 e. The lowest BCUT2D eigenvalue weighted by Gasteiger charge is -1.98. The fraction of sp³-hybridized carbons (Fsp3) is 0.250. The van der Waals surface area contributed by atoms with Crippen LogP contribution in [-0.4, -0.2) is 16.9 Å². The highest BCUT2D eigenvalue weighted by Crippen LogP contribution is 2.09. The molecule has 3 heteroatoms. The summed E-state index contributed by atoms with van der Waals surface area (Å²) >= 11 is 0. The van der Waals surface area contributed by atoms with E-state index >= 15 is 0 Å². The summed E-state index contributed by atoms with van der Waals surface area (Å²) in [6.07, 6.45) is 0.761. The normalized spacial score (nSPS) is 9.91. The number of phenolic OH excluding ortho intramolecular Hbond substituents is 1. The molecular formula is C8H11NO2. The fourth-order valence-corrected chi connectivity index (χ4v) is 0.863. The van der Waals surface area contributed by atoms with Gasteiger partial charge < -0.3 is 10.3 Å². The monoisotopic (exact) mass is 153 g/mol. The topological polar surface area (TPSA) is 52.5 Å². The van der Waals surface area contributed by atoms with Crippen molar-refractivity contribution in [2.24, 2.45) is 0 Å². The lowest BCUT2D eigenvalue weighted by molar-refractivity contribution is 0.168. The summed E-state index contributed by atoms with van der Waals surface area (Å²) in [5.74, 6) is 0.269. The summed E-state index contributed by atoms with van der Waals surface area (Å²) in [5, 5.41) is 17.2. The number of aromatic hydroxyl groups is 1. The molecule has 0 aromatic heterocycles. The average molecular weight is 153 g/mol. The third-order valence-corrected chi connectivity index (χ3v) is 1.46. The lowest BCUT2D eigenvalue weighted by atomic mass is 10.1. The van der Waals surface area contributed by atoms with Gasteiger partial charge in [0, 0.05) is 6.54 Å². The molecule has 60 valence electrons. The third-order valence-electron chi connectivity index (χ3n) is 1.46. The number of nitrogens with one attached hydrogen (secondary N) is 1. The van der Waals surface area contributed by atoms with Gasteiger partial charge in [0.1, 0.15) is 5.75 Å². The maximum atomic E-state index is 8.92. The Bertz CT molecular complexity index is 208. The Hall–Kier alpha value is -1.06. The van der Waals surface area contributed by atoms with E-state index in [4.69, 9.17) is 10.3 Å². The molecule has 0 amide bonds. The molecule has 0 heterocycles. The second kappa shape index (κ2) is 3.95. The van der Waals surface area contributed by atoms with Crippen LogP contribution in [0.1, 0.15) is 5.56 Å². The molecule has 0 unspecified atom stereocenters. The predicted molar refractivity (Wildman–Crippen MR) is 41.6 cm³/mol. The first-order chi connectivity index (χ1) is 5.33. The largest absolute Gasteiger partial charge is 0.508 e. The van der Waals surface area contributed by atoms with E-state index in [0.717, 1.165) is 12.0 Å². The van der Waals surface area contributed by atoms with E-state index in [1.54, 1.807) is 12.1 Å². The second-order valence-corrected chi connectivity index (χ2v) is 2.32. The Morgan fingerprint density at radius 1 is 1.18 bits per heavy atom. The van der Waals surface area contributed by atoms with Gasteiger partial charge in [0.2, 0.25) is 0 Å². The number of benzene rings is 1. The van der Waals surface area contributed by atoms with Crippen LogP contribution in [-0.2, 0) is 6.42 Å². The zero-order valence-electron chi connectivity index (χ0n) is 6.12. The Balaban J connectivity index is 2.52. The Morgan fingerprint density at radius 2 is 1.82 bits per heavy atom. The second-order valence-electron chi connectivity index (χ2n) is 2.32. The molecule has 0 aliphatic heterocycles. The van der Waals surface area contributed by atoms with Gasteiger partial charge in [-0.25, -0.2) is 5.48 Å². The van der Waals surface area contributed by atoms with Gasteiger partial charge in [-0.15, -0.1) is 0 Å². The van der Waals surface area contributed by atoms with Crippen LogP contribution in [0, 0.1) is 0 Å². The van der Waals surface area contributed by atoms with Crippen molar-refractivity contribution in [3.8, 4) is 5.75 Å². The van der Waals surface area contributed by atoms with Gasteiger partial charge in [-0.3, -0.25) is 0 Å². The predicted octanol–water partition coefficient (Wildman–Crippen LogP) is 0.914. The van der Waals surface area contributed by atoms with Crippen molar-refractivity contribution in [2.75, 3.05) is 6.54 Å². The van der Waals surface area contributed by atoms with Crippen molar-refractivity contribution in [1.82, 2.24) is 5.48 Å². The van der Waals surface area contributed by atoms with Crippen LogP contribution in [0.4, 0.5) is 0 Å². The average Bonchev–Trinajstić information content (AvgIpc) is 2.04. The van der Waals surface area contributed by atoms with Crippen LogP contribution < -0.4 is 5.48 Å². The summed E-state index contributed by atoms with van der Waals surface area (Å²) < 4.78 is 0. The molecule has 0 spiro atoms. The molecule has 0 saturated carbocycles. The van der Waals surface area contributed by atoms with Crippen LogP contribution in [0.2, 0.25) is 0 Å². The number of phenols is 1. The van der Waals surface area contributed by atoms with Crippen LogP contribution in [0.25, 0.3) is 0 Å². The SMILES string of the molecule is ONCCc1ccc(O)cc1. The first-order valence-corrected chi connectivity index (χ1v) is 3.48. The van der Waals surface area contributed by atoms with E-state index in [0.29, 0.717) is 6.54 Å². The van der Waals surface area contributed by atoms with Gasteiger partial charge >= 0.3 is 0 Å². The van der Waals surface area contributed by atoms with Crippen molar-refractivity contribution in [3.05, 3.63) is 29.8 Å². The summed E-state index contributed by atoms with van der Waals surface area (Å²) in [4.78, 5) is 0. The van der Waals surface area contributed by atoms with Crippen LogP contribution in [0.3, 0.4) is 0 Å². The van der Waals surface area contributed by atoms with Gasteiger partial charge in [-0.1, -0.05) is 12.1 Å². The number of hydroxylamine groups is 1. The molecule has 1 aromatic carbocycles. The maximum Gasteiger partial charge on any atom is 0.115 e. The van der Waals surface area contributed by atoms with Crippen molar-refractivity contribution >= 4 is 0 Å². The highest BCUT2D eigenvalue weighted by atomic mass is 16.5. The maximum absolute atomic E-state index is 8.92. The minimum Gasteiger partial charge on any atom is -0.508 e. The Labute approximate surface area is 65.3 Å². The van der Waals surface area contributed by atoms with Crippen molar-refractivity contribution in [1.29, 1.82) is 0 Å². The van der Waals surface area contributed by atoms with Crippen molar-refractivity contribution in [3.63, 3.8) is 0 Å². The molecular weight excluding hydrogens is 142 g/mol. The van der Waals surface area contributed by atoms with Gasteiger partial charge in [-0.2, -0.15) is 0 Å². The molecule has 11 heavy (non-hydrogen) atoms. The van der Waals surface area contributed by atoms with E-state index in [1.807, 2.05) is 12.1 Å². The van der Waals surface area contributed by atoms with E-state index in [-0.39, 0.29) is 5.75 Å².